The predicted molar refractivity (Wildman–Crippen MR) is 66.6 cm³/mol. The molecule has 0 saturated carbocycles. The van der Waals surface area contributed by atoms with Crippen LogP contribution >= 0.6 is 0 Å². The molecular formula is C11H17N3O6. The van der Waals surface area contributed by atoms with Crippen LogP contribution < -0.4 is 11.4 Å². The summed E-state index contributed by atoms with van der Waals surface area (Å²) in [6.07, 6.45) is -2.62. The van der Waals surface area contributed by atoms with Gasteiger partial charge in [0.25, 0.3) is 0 Å². The second kappa shape index (κ2) is 5.11. The fraction of sp³-hybridized carbons (Fsp3) is 0.636. The minimum Gasteiger partial charge on any atom is -0.394 e. The first kappa shape index (κ1) is 14.9. The van der Waals surface area contributed by atoms with Gasteiger partial charge in [-0.15, -0.1) is 0 Å². The van der Waals surface area contributed by atoms with Crippen LogP contribution in [0.1, 0.15) is 11.8 Å². The molecule has 0 aromatic carbocycles. The van der Waals surface area contributed by atoms with Gasteiger partial charge in [-0.3, -0.25) is 4.57 Å². The molecule has 0 spiro atoms. The van der Waals surface area contributed by atoms with Gasteiger partial charge in [0.15, 0.2) is 6.23 Å². The zero-order chi connectivity index (χ0) is 15.1. The van der Waals surface area contributed by atoms with Crippen molar-refractivity contribution < 1.29 is 24.8 Å². The third-order valence-electron chi connectivity index (χ3n) is 3.37. The Morgan fingerprint density at radius 2 is 2.30 bits per heavy atom. The van der Waals surface area contributed by atoms with Gasteiger partial charge >= 0.3 is 5.69 Å². The molecule has 9 nitrogen and oxygen atoms in total. The summed E-state index contributed by atoms with van der Waals surface area (Å²) >= 11 is 0. The number of anilines is 1. The number of aryl methyl sites for hydroxylation is 1. The van der Waals surface area contributed by atoms with E-state index in [9.17, 15) is 15.0 Å². The lowest BCUT2D eigenvalue weighted by Gasteiger charge is -2.30. The summed E-state index contributed by atoms with van der Waals surface area (Å²) < 4.78 is 11.2. The summed E-state index contributed by atoms with van der Waals surface area (Å²) in [5, 5.41) is 29.4. The Kier molecular flexibility index (Phi) is 3.80. The first-order valence-corrected chi connectivity index (χ1v) is 5.92. The molecule has 1 fully saturated rings. The molecule has 2 heterocycles. The largest absolute Gasteiger partial charge is 0.394 e. The molecule has 1 aliphatic rings. The minimum absolute atomic E-state index is 0.0597. The molecule has 0 unspecified atom stereocenters. The lowest BCUT2D eigenvalue weighted by atomic mass is 10.1. The van der Waals surface area contributed by atoms with Gasteiger partial charge < -0.3 is 30.5 Å². The number of aliphatic hydroxyl groups excluding tert-OH is 2. The molecule has 0 radical (unpaired) electrons. The molecule has 0 aliphatic carbocycles. The Balaban J connectivity index is 2.51. The van der Waals surface area contributed by atoms with Crippen molar-refractivity contribution in [3.05, 3.63) is 22.2 Å². The third-order valence-corrected chi connectivity index (χ3v) is 3.37. The topological polar surface area (TPSA) is 140 Å². The second-order valence-electron chi connectivity index (χ2n) is 4.61. The Hall–Kier alpha value is -1.52. The first-order valence-electron chi connectivity index (χ1n) is 5.92. The van der Waals surface area contributed by atoms with Crippen molar-refractivity contribution in [2.45, 2.75) is 31.1 Å². The molecule has 0 bridgehead atoms. The Labute approximate surface area is 114 Å². The fourth-order valence-electron chi connectivity index (χ4n) is 2.13. The van der Waals surface area contributed by atoms with Crippen LogP contribution in [0.4, 0.5) is 5.82 Å². The van der Waals surface area contributed by atoms with Crippen LogP contribution in [0.5, 0.6) is 0 Å². The number of nitrogen functional groups attached to an aromatic ring is 1. The molecule has 112 valence electrons. The van der Waals surface area contributed by atoms with E-state index < -0.39 is 36.5 Å². The van der Waals surface area contributed by atoms with Crippen molar-refractivity contribution in [3.63, 3.8) is 0 Å². The normalized spacial score (nSPS) is 33.5. The minimum atomic E-state index is -2.18. The molecule has 1 aromatic heterocycles. The lowest BCUT2D eigenvalue weighted by molar-refractivity contribution is -0.265. The molecule has 1 aliphatic heterocycles. The highest BCUT2D eigenvalue weighted by atomic mass is 16.7. The van der Waals surface area contributed by atoms with E-state index in [1.54, 1.807) is 6.92 Å². The van der Waals surface area contributed by atoms with Crippen molar-refractivity contribution >= 4 is 5.82 Å². The van der Waals surface area contributed by atoms with Crippen molar-refractivity contribution in [2.24, 2.45) is 0 Å². The van der Waals surface area contributed by atoms with Crippen LogP contribution in [-0.2, 0) is 9.47 Å². The summed E-state index contributed by atoms with van der Waals surface area (Å²) in [7, 11) is 1.15. The SMILES string of the molecule is CO[C@@]1(O)[C@H](O)[C@@H](CO)O[C@H]1n1cc(C)c(N)nc1=O. The van der Waals surface area contributed by atoms with Crippen molar-refractivity contribution in [3.8, 4) is 0 Å². The molecular weight excluding hydrogens is 270 g/mol. The van der Waals surface area contributed by atoms with Crippen LogP contribution in [0.15, 0.2) is 11.0 Å². The summed E-state index contributed by atoms with van der Waals surface area (Å²) in [4.78, 5) is 15.5. The number of aliphatic hydroxyl groups is 3. The van der Waals surface area contributed by atoms with Crippen LogP contribution in [0.2, 0.25) is 0 Å². The van der Waals surface area contributed by atoms with Gasteiger partial charge in [0.1, 0.15) is 18.0 Å². The van der Waals surface area contributed by atoms with Crippen molar-refractivity contribution in [2.75, 3.05) is 19.5 Å². The monoisotopic (exact) mass is 287 g/mol. The molecule has 4 atom stereocenters. The molecule has 20 heavy (non-hydrogen) atoms. The maximum Gasteiger partial charge on any atom is 0.351 e. The van der Waals surface area contributed by atoms with Crippen LogP contribution in [0.3, 0.4) is 0 Å². The maximum atomic E-state index is 11.9. The van der Waals surface area contributed by atoms with E-state index in [1.165, 1.54) is 6.20 Å². The van der Waals surface area contributed by atoms with Gasteiger partial charge in [-0.2, -0.15) is 4.98 Å². The maximum absolute atomic E-state index is 11.9. The lowest BCUT2D eigenvalue weighted by Crippen LogP contribution is -2.50. The number of rotatable bonds is 3. The smallest absolute Gasteiger partial charge is 0.351 e. The summed E-state index contributed by atoms with van der Waals surface area (Å²) in [6, 6.07) is 0. The number of nitrogens with two attached hydrogens (primary N) is 1. The number of methoxy groups -OCH3 is 1. The van der Waals surface area contributed by atoms with E-state index in [-0.39, 0.29) is 5.82 Å². The van der Waals surface area contributed by atoms with Gasteiger partial charge in [0, 0.05) is 18.9 Å². The Bertz CT molecular complexity index is 562. The van der Waals surface area contributed by atoms with Gasteiger partial charge in [-0.25, -0.2) is 4.79 Å². The molecule has 1 aromatic rings. The van der Waals surface area contributed by atoms with E-state index in [2.05, 4.69) is 4.98 Å². The third kappa shape index (κ3) is 2.09. The van der Waals surface area contributed by atoms with E-state index in [0.29, 0.717) is 5.56 Å². The van der Waals surface area contributed by atoms with Crippen LogP contribution in [0, 0.1) is 6.92 Å². The highest BCUT2D eigenvalue weighted by Crippen LogP contribution is 2.38. The summed E-state index contributed by atoms with van der Waals surface area (Å²) in [5.74, 6) is -2.12. The highest BCUT2D eigenvalue weighted by molar-refractivity contribution is 5.35. The molecule has 0 amide bonds. The molecule has 1 saturated heterocycles. The Morgan fingerprint density at radius 1 is 1.65 bits per heavy atom. The number of ether oxygens (including phenoxy) is 2. The van der Waals surface area contributed by atoms with Gasteiger partial charge in [0.2, 0.25) is 5.79 Å². The Morgan fingerprint density at radius 3 is 2.85 bits per heavy atom. The van der Waals surface area contributed by atoms with Crippen molar-refractivity contribution in [1.82, 2.24) is 9.55 Å². The molecule has 2 rings (SSSR count). The van der Waals surface area contributed by atoms with E-state index in [0.717, 1.165) is 11.7 Å². The highest BCUT2D eigenvalue weighted by Gasteiger charge is 2.57. The van der Waals surface area contributed by atoms with Crippen LogP contribution in [-0.4, -0.2) is 56.6 Å². The molecule has 9 heteroatoms. The summed E-state index contributed by atoms with van der Waals surface area (Å²) in [6.45, 7) is 1.08. The van der Waals surface area contributed by atoms with Gasteiger partial charge in [-0.05, 0) is 6.92 Å². The van der Waals surface area contributed by atoms with Gasteiger partial charge in [0.05, 0.1) is 6.61 Å². The van der Waals surface area contributed by atoms with E-state index in [1.807, 2.05) is 0 Å². The first-order chi connectivity index (χ1) is 9.35. The second-order valence-corrected chi connectivity index (χ2v) is 4.61. The standard InChI is InChI=1S/C11H17N3O6/c1-5-3-14(10(17)13-8(5)12)9-11(18,19-2)7(16)6(4-15)20-9/h3,6-7,9,15-16,18H,4H2,1-2H3,(H2,12,13,17)/t6-,7-,9-,11+/m1/s1. The zero-order valence-corrected chi connectivity index (χ0v) is 11.1. The van der Waals surface area contributed by atoms with Gasteiger partial charge in [-0.1, -0.05) is 0 Å². The van der Waals surface area contributed by atoms with E-state index in [4.69, 9.17) is 20.3 Å². The average molecular weight is 287 g/mol. The van der Waals surface area contributed by atoms with Crippen molar-refractivity contribution in [1.29, 1.82) is 0 Å². The molecule has 5 N–H and O–H groups in total. The number of hydrogen-bond acceptors (Lipinski definition) is 8. The number of hydrogen-bond donors (Lipinski definition) is 4. The van der Waals surface area contributed by atoms with E-state index >= 15 is 0 Å². The zero-order valence-electron chi connectivity index (χ0n) is 11.1. The number of nitrogens with zero attached hydrogens (tertiary/aromatic N) is 2. The fourth-order valence-corrected chi connectivity index (χ4v) is 2.13. The number of aromatic nitrogens is 2. The predicted octanol–water partition coefficient (Wildman–Crippen LogP) is -2.28. The van der Waals surface area contributed by atoms with Crippen LogP contribution in [0.25, 0.3) is 0 Å². The quantitative estimate of drug-likeness (QED) is 0.456. The average Bonchev–Trinajstić information content (AvgIpc) is 2.67. The summed E-state index contributed by atoms with van der Waals surface area (Å²) in [5.41, 5.74) is 5.25.